The Hall–Kier alpha value is -3.08. The number of methoxy groups -OCH3 is 1. The van der Waals surface area contributed by atoms with E-state index >= 15 is 0 Å². The molecule has 1 fully saturated rings. The zero-order valence-corrected chi connectivity index (χ0v) is 11.9. The number of para-hydroxylation sites is 1. The molecule has 0 aliphatic carbocycles. The summed E-state index contributed by atoms with van der Waals surface area (Å²) in [5.74, 6) is 0.230. The van der Waals surface area contributed by atoms with E-state index in [-0.39, 0.29) is 5.76 Å². The summed E-state index contributed by atoms with van der Waals surface area (Å²) in [4.78, 5) is 25.2. The number of benzene rings is 2. The van der Waals surface area contributed by atoms with Gasteiger partial charge in [0.05, 0.1) is 12.8 Å². The van der Waals surface area contributed by atoms with E-state index in [2.05, 4.69) is 0 Å². The average Bonchev–Trinajstić information content (AvgIpc) is 2.83. The zero-order valence-electron chi connectivity index (χ0n) is 11.9. The summed E-state index contributed by atoms with van der Waals surface area (Å²) in [5.41, 5.74) is 1.22. The minimum absolute atomic E-state index is 0.000908. The summed E-state index contributed by atoms with van der Waals surface area (Å²) in [6.45, 7) is 0. The van der Waals surface area contributed by atoms with Crippen LogP contribution >= 0.6 is 0 Å². The highest BCUT2D eigenvalue weighted by Gasteiger charge is 2.37. The molecule has 2 aromatic carbocycles. The van der Waals surface area contributed by atoms with E-state index < -0.39 is 12.0 Å². The molecule has 0 unspecified atom stereocenters. The highest BCUT2D eigenvalue weighted by Crippen LogP contribution is 2.26. The Morgan fingerprint density at radius 2 is 1.68 bits per heavy atom. The molecular formula is C17H13NO4. The number of nitrogens with zero attached hydrogens (tertiary/aromatic N) is 1. The van der Waals surface area contributed by atoms with E-state index in [0.29, 0.717) is 11.4 Å². The summed E-state index contributed by atoms with van der Waals surface area (Å²) in [7, 11) is 1.58. The Bertz CT molecular complexity index is 735. The number of cyclic esters (lactones) is 1. The Labute approximate surface area is 127 Å². The van der Waals surface area contributed by atoms with Crippen LogP contribution in [0.2, 0.25) is 0 Å². The predicted molar refractivity (Wildman–Crippen MR) is 81.4 cm³/mol. The maximum Gasteiger partial charge on any atom is 0.427 e. The van der Waals surface area contributed by atoms with Gasteiger partial charge in [0.25, 0.3) is 0 Å². The number of rotatable bonds is 3. The van der Waals surface area contributed by atoms with E-state index in [1.54, 1.807) is 55.6 Å². The number of carbonyl (C=O) groups excluding carboxylic acids is 2. The Balaban J connectivity index is 1.88. The molecule has 2 aromatic rings. The normalized spacial score (nSPS) is 16.0. The third kappa shape index (κ3) is 2.56. The first-order valence-electron chi connectivity index (χ1n) is 6.66. The summed E-state index contributed by atoms with van der Waals surface area (Å²) in [6, 6.07) is 15.7. The predicted octanol–water partition coefficient (Wildman–Crippen LogP) is 3.22. The van der Waals surface area contributed by atoms with Crippen molar-refractivity contribution in [3.05, 3.63) is 65.9 Å². The van der Waals surface area contributed by atoms with E-state index in [0.717, 1.165) is 10.5 Å². The summed E-state index contributed by atoms with van der Waals surface area (Å²) < 4.78 is 10.1. The first kappa shape index (κ1) is 13.9. The second-order valence-corrected chi connectivity index (χ2v) is 4.63. The standard InChI is InChI=1S/C17H13NO4/c1-21-14-9-7-12(8-10-14)11-15-16(19)18(17(20)22-15)13-5-3-2-4-6-13/h2-11H,1H3/b15-11+. The fourth-order valence-electron chi connectivity index (χ4n) is 2.12. The summed E-state index contributed by atoms with van der Waals surface area (Å²) in [5, 5.41) is 0. The van der Waals surface area contributed by atoms with Crippen molar-refractivity contribution in [2.45, 2.75) is 0 Å². The molecule has 0 radical (unpaired) electrons. The van der Waals surface area contributed by atoms with Crippen LogP contribution in [0.4, 0.5) is 10.5 Å². The molecule has 0 spiro atoms. The molecule has 22 heavy (non-hydrogen) atoms. The van der Waals surface area contributed by atoms with Gasteiger partial charge in [-0.05, 0) is 35.9 Å². The van der Waals surface area contributed by atoms with Crippen LogP contribution in [0.1, 0.15) is 5.56 Å². The molecule has 2 amide bonds. The van der Waals surface area contributed by atoms with Crippen LogP contribution < -0.4 is 9.64 Å². The number of ether oxygens (including phenoxy) is 2. The minimum Gasteiger partial charge on any atom is -0.497 e. The third-order valence-corrected chi connectivity index (χ3v) is 3.22. The van der Waals surface area contributed by atoms with Crippen LogP contribution in [-0.4, -0.2) is 19.1 Å². The lowest BCUT2D eigenvalue weighted by molar-refractivity contribution is -0.114. The van der Waals surface area contributed by atoms with Crippen molar-refractivity contribution in [2.24, 2.45) is 0 Å². The average molecular weight is 295 g/mol. The van der Waals surface area contributed by atoms with Gasteiger partial charge in [-0.2, -0.15) is 0 Å². The van der Waals surface area contributed by atoms with Crippen molar-refractivity contribution in [1.82, 2.24) is 0 Å². The van der Waals surface area contributed by atoms with Crippen LogP contribution in [-0.2, 0) is 9.53 Å². The molecule has 1 aliphatic heterocycles. The monoisotopic (exact) mass is 295 g/mol. The Morgan fingerprint density at radius 1 is 1.00 bits per heavy atom. The van der Waals surface area contributed by atoms with Gasteiger partial charge in [0.1, 0.15) is 5.75 Å². The lowest BCUT2D eigenvalue weighted by atomic mass is 10.2. The van der Waals surface area contributed by atoms with Gasteiger partial charge in [0, 0.05) is 0 Å². The number of anilines is 1. The van der Waals surface area contributed by atoms with Crippen LogP contribution in [0.3, 0.4) is 0 Å². The highest BCUT2D eigenvalue weighted by atomic mass is 16.6. The van der Waals surface area contributed by atoms with Crippen molar-refractivity contribution in [2.75, 3.05) is 12.0 Å². The summed E-state index contributed by atoms with van der Waals surface area (Å²) in [6.07, 6.45) is 0.832. The first-order valence-corrected chi connectivity index (χ1v) is 6.66. The molecule has 1 aliphatic rings. The molecular weight excluding hydrogens is 282 g/mol. The second kappa shape index (κ2) is 5.73. The number of hydrogen-bond donors (Lipinski definition) is 0. The van der Waals surface area contributed by atoms with Crippen molar-refractivity contribution in [1.29, 1.82) is 0 Å². The van der Waals surface area contributed by atoms with Crippen LogP contribution in [0.15, 0.2) is 60.4 Å². The largest absolute Gasteiger partial charge is 0.497 e. The maximum atomic E-state index is 12.3. The molecule has 110 valence electrons. The van der Waals surface area contributed by atoms with Gasteiger partial charge in [-0.25, -0.2) is 9.69 Å². The molecule has 1 heterocycles. The maximum absolute atomic E-state index is 12.3. The lowest BCUT2D eigenvalue weighted by Crippen LogP contribution is -2.28. The third-order valence-electron chi connectivity index (χ3n) is 3.22. The molecule has 0 saturated carbocycles. The van der Waals surface area contributed by atoms with Crippen molar-refractivity contribution >= 4 is 23.8 Å². The molecule has 1 saturated heterocycles. The number of amides is 2. The fourth-order valence-corrected chi connectivity index (χ4v) is 2.12. The fraction of sp³-hybridized carbons (Fsp3) is 0.0588. The van der Waals surface area contributed by atoms with Gasteiger partial charge in [-0.3, -0.25) is 4.79 Å². The van der Waals surface area contributed by atoms with Gasteiger partial charge in [0.2, 0.25) is 0 Å². The van der Waals surface area contributed by atoms with E-state index in [9.17, 15) is 9.59 Å². The van der Waals surface area contributed by atoms with Gasteiger partial charge in [-0.15, -0.1) is 0 Å². The molecule has 5 heteroatoms. The van der Waals surface area contributed by atoms with Crippen molar-refractivity contribution in [3.63, 3.8) is 0 Å². The van der Waals surface area contributed by atoms with Crippen LogP contribution in [0, 0.1) is 0 Å². The number of carbonyl (C=O) groups is 2. The number of imide groups is 1. The van der Waals surface area contributed by atoms with E-state index in [1.165, 1.54) is 6.08 Å². The molecule has 3 rings (SSSR count). The SMILES string of the molecule is COc1ccc(/C=C2/OC(=O)N(c3ccccc3)C2=O)cc1. The minimum atomic E-state index is -0.698. The quantitative estimate of drug-likeness (QED) is 0.816. The second-order valence-electron chi connectivity index (χ2n) is 4.63. The van der Waals surface area contributed by atoms with Gasteiger partial charge in [-0.1, -0.05) is 30.3 Å². The lowest BCUT2D eigenvalue weighted by Gasteiger charge is -2.08. The molecule has 5 nitrogen and oxygen atoms in total. The Morgan fingerprint density at radius 3 is 2.32 bits per heavy atom. The number of hydrogen-bond acceptors (Lipinski definition) is 4. The van der Waals surface area contributed by atoms with Gasteiger partial charge in [0.15, 0.2) is 5.76 Å². The highest BCUT2D eigenvalue weighted by molar-refractivity contribution is 6.24. The summed E-state index contributed by atoms with van der Waals surface area (Å²) >= 11 is 0. The van der Waals surface area contributed by atoms with E-state index in [4.69, 9.17) is 9.47 Å². The van der Waals surface area contributed by atoms with Gasteiger partial charge >= 0.3 is 12.0 Å². The van der Waals surface area contributed by atoms with Crippen molar-refractivity contribution < 1.29 is 19.1 Å². The molecule has 0 bridgehead atoms. The smallest absolute Gasteiger partial charge is 0.427 e. The van der Waals surface area contributed by atoms with E-state index in [1.807, 2.05) is 6.07 Å². The van der Waals surface area contributed by atoms with Crippen LogP contribution in [0.5, 0.6) is 5.75 Å². The molecule has 0 N–H and O–H groups in total. The van der Waals surface area contributed by atoms with Gasteiger partial charge < -0.3 is 9.47 Å². The first-order chi connectivity index (χ1) is 10.7. The topological polar surface area (TPSA) is 55.8 Å². The van der Waals surface area contributed by atoms with Crippen molar-refractivity contribution in [3.8, 4) is 5.75 Å². The zero-order chi connectivity index (χ0) is 15.5. The van der Waals surface area contributed by atoms with Crippen LogP contribution in [0.25, 0.3) is 6.08 Å². The molecule has 0 aromatic heterocycles. The Kier molecular flexibility index (Phi) is 3.62. The molecule has 0 atom stereocenters.